The number of carbonyl (C=O) groups is 3. The fourth-order valence-electron chi connectivity index (χ4n) is 4.00. The third-order valence-corrected chi connectivity index (χ3v) is 7.40. The van der Waals surface area contributed by atoms with Gasteiger partial charge in [-0.25, -0.2) is 9.36 Å². The van der Waals surface area contributed by atoms with Gasteiger partial charge in [0.15, 0.2) is 6.04 Å². The minimum absolute atomic E-state index is 0.108. The molecule has 0 aromatic heterocycles. The van der Waals surface area contributed by atoms with Gasteiger partial charge in [-0.1, -0.05) is 110 Å². The monoisotopic (exact) mass is 595 g/mol. The minimum Gasteiger partial charge on any atom is -0.480 e. The van der Waals surface area contributed by atoms with E-state index in [0.717, 1.165) is 19.3 Å². The molecule has 0 aromatic rings. The maximum absolute atomic E-state index is 12.1. The van der Waals surface area contributed by atoms with Crippen LogP contribution in [0.15, 0.2) is 0 Å². The highest BCUT2D eigenvalue weighted by Crippen LogP contribution is 2.43. The van der Waals surface area contributed by atoms with Crippen LogP contribution in [0.25, 0.3) is 0 Å². The van der Waals surface area contributed by atoms with Crippen molar-refractivity contribution in [1.29, 1.82) is 0 Å². The lowest BCUT2D eigenvalue weighted by molar-refractivity contribution is -0.146. The van der Waals surface area contributed by atoms with Crippen LogP contribution in [0.5, 0.6) is 0 Å². The molecule has 4 N–H and O–H groups in total. The number of aliphatic hydroxyl groups is 1. The van der Waals surface area contributed by atoms with Crippen molar-refractivity contribution in [2.24, 2.45) is 0 Å². The lowest BCUT2D eigenvalue weighted by Crippen LogP contribution is -2.43. The van der Waals surface area contributed by atoms with Crippen LogP contribution in [0.3, 0.4) is 0 Å². The van der Waals surface area contributed by atoms with Crippen LogP contribution in [-0.2, 0) is 32.7 Å². The first kappa shape index (κ1) is 38.5. The highest BCUT2D eigenvalue weighted by atomic mass is 31.2. The molecule has 0 aliphatic rings. The van der Waals surface area contributed by atoms with Crippen LogP contribution in [-0.4, -0.2) is 64.9 Å². The van der Waals surface area contributed by atoms with Gasteiger partial charge in [0.1, 0.15) is 12.7 Å². The standard InChI is InChI=1S/C28H54NO10P/c1-3-5-6-7-8-9-10-11-12-13-14-15-16-17-18-19-20-26(31)29-25(28(33)34)23-39-40(35,36)38-22-24(30)21-37-27(32)4-2/h24-25,30H,3-23H2,1-2H3,(H,29,31)(H,33,34)(H,35,36). The molecule has 40 heavy (non-hydrogen) atoms. The molecule has 3 atom stereocenters. The van der Waals surface area contributed by atoms with Gasteiger partial charge < -0.3 is 25.2 Å². The van der Waals surface area contributed by atoms with E-state index in [9.17, 15) is 34.1 Å². The largest absolute Gasteiger partial charge is 0.480 e. The number of carboxylic acid groups (broad SMARTS) is 1. The lowest BCUT2D eigenvalue weighted by atomic mass is 10.0. The van der Waals surface area contributed by atoms with Crippen molar-refractivity contribution in [2.45, 2.75) is 142 Å². The van der Waals surface area contributed by atoms with Crippen LogP contribution >= 0.6 is 7.82 Å². The smallest absolute Gasteiger partial charge is 0.472 e. The van der Waals surface area contributed by atoms with Gasteiger partial charge in [0.05, 0.1) is 13.2 Å². The summed E-state index contributed by atoms with van der Waals surface area (Å²) in [6, 6.07) is -1.53. The summed E-state index contributed by atoms with van der Waals surface area (Å²) in [5, 5.41) is 21.2. The molecule has 0 heterocycles. The molecule has 0 radical (unpaired) electrons. The number of hydrogen-bond donors (Lipinski definition) is 4. The Morgan fingerprint density at radius 3 is 1.62 bits per heavy atom. The van der Waals surface area contributed by atoms with E-state index in [4.69, 9.17) is 0 Å². The Kier molecular flexibility index (Phi) is 24.3. The molecule has 0 rings (SSSR count). The molecule has 12 heteroatoms. The molecule has 1 amide bonds. The highest BCUT2D eigenvalue weighted by Gasteiger charge is 2.28. The van der Waals surface area contributed by atoms with Gasteiger partial charge in [-0.2, -0.15) is 0 Å². The van der Waals surface area contributed by atoms with Crippen LogP contribution in [0.1, 0.15) is 129 Å². The summed E-state index contributed by atoms with van der Waals surface area (Å²) in [4.78, 5) is 44.3. The first-order valence-corrected chi connectivity index (χ1v) is 16.6. The summed E-state index contributed by atoms with van der Waals surface area (Å²) >= 11 is 0. The van der Waals surface area contributed by atoms with E-state index in [1.807, 2.05) is 0 Å². The number of carbonyl (C=O) groups excluding carboxylic acids is 2. The van der Waals surface area contributed by atoms with Crippen molar-refractivity contribution >= 4 is 25.7 Å². The first-order chi connectivity index (χ1) is 19.1. The van der Waals surface area contributed by atoms with Gasteiger partial charge in [0.25, 0.3) is 0 Å². The van der Waals surface area contributed by atoms with Crippen molar-refractivity contribution < 1.29 is 47.8 Å². The number of amides is 1. The third kappa shape index (κ3) is 24.3. The van der Waals surface area contributed by atoms with Crippen molar-refractivity contribution in [1.82, 2.24) is 5.32 Å². The molecule has 0 saturated carbocycles. The van der Waals surface area contributed by atoms with Gasteiger partial charge in [0, 0.05) is 12.8 Å². The van der Waals surface area contributed by atoms with Crippen LogP contribution in [0, 0.1) is 0 Å². The number of nitrogens with one attached hydrogen (secondary N) is 1. The van der Waals surface area contributed by atoms with Crippen LogP contribution in [0.4, 0.5) is 0 Å². The second kappa shape index (κ2) is 25.2. The molecular weight excluding hydrogens is 541 g/mol. The molecule has 236 valence electrons. The number of phosphoric acid groups is 1. The predicted molar refractivity (Wildman–Crippen MR) is 153 cm³/mol. The molecule has 0 aromatic carbocycles. The maximum Gasteiger partial charge on any atom is 0.472 e. The third-order valence-electron chi connectivity index (χ3n) is 6.45. The number of esters is 1. The van der Waals surface area contributed by atoms with Gasteiger partial charge in [-0.05, 0) is 6.42 Å². The Bertz CT molecular complexity index is 721. The van der Waals surface area contributed by atoms with Crippen molar-refractivity contribution in [3.8, 4) is 0 Å². The molecular formula is C28H54NO10P. The van der Waals surface area contributed by atoms with E-state index in [1.165, 1.54) is 77.0 Å². The van der Waals surface area contributed by atoms with Gasteiger partial charge in [-0.15, -0.1) is 0 Å². The molecule has 0 spiro atoms. The Hall–Kier alpha value is -1.52. The molecule has 0 aliphatic heterocycles. The van der Waals surface area contributed by atoms with Gasteiger partial charge in [-0.3, -0.25) is 18.6 Å². The summed E-state index contributed by atoms with van der Waals surface area (Å²) < 4.78 is 25.9. The molecule has 3 unspecified atom stereocenters. The number of ether oxygens (including phenoxy) is 1. The zero-order chi connectivity index (χ0) is 30.1. The average Bonchev–Trinajstić information content (AvgIpc) is 2.92. The van der Waals surface area contributed by atoms with Crippen LogP contribution in [0.2, 0.25) is 0 Å². The molecule has 0 bridgehead atoms. The van der Waals surface area contributed by atoms with Crippen molar-refractivity contribution in [3.05, 3.63) is 0 Å². The second-order valence-corrected chi connectivity index (χ2v) is 11.7. The number of hydrogen-bond acceptors (Lipinski definition) is 8. The van der Waals surface area contributed by atoms with E-state index in [0.29, 0.717) is 6.42 Å². The normalized spacial score (nSPS) is 14.3. The van der Waals surface area contributed by atoms with E-state index >= 15 is 0 Å². The Labute approximate surface area is 240 Å². The first-order valence-electron chi connectivity index (χ1n) is 15.1. The summed E-state index contributed by atoms with van der Waals surface area (Å²) in [5.41, 5.74) is 0. The van der Waals surface area contributed by atoms with Crippen LogP contribution < -0.4 is 5.32 Å². The molecule has 0 fully saturated rings. The molecule has 0 saturated heterocycles. The lowest BCUT2D eigenvalue weighted by Gasteiger charge is -2.18. The van der Waals surface area contributed by atoms with E-state index in [2.05, 4.69) is 26.0 Å². The SMILES string of the molecule is CCCCCCCCCCCCCCCCCCC(=O)NC(COP(=O)(O)OCC(O)COC(=O)CC)C(=O)O. The quantitative estimate of drug-likeness (QED) is 0.0503. The number of phosphoric ester groups is 1. The van der Waals surface area contributed by atoms with Gasteiger partial charge in [0.2, 0.25) is 5.91 Å². The van der Waals surface area contributed by atoms with Crippen molar-refractivity contribution in [2.75, 3.05) is 19.8 Å². The zero-order valence-electron chi connectivity index (χ0n) is 24.7. The fourth-order valence-corrected chi connectivity index (χ4v) is 4.77. The van der Waals surface area contributed by atoms with Crippen molar-refractivity contribution in [3.63, 3.8) is 0 Å². The topological polar surface area (TPSA) is 169 Å². The maximum atomic E-state index is 12.1. The van der Waals surface area contributed by atoms with E-state index in [1.54, 1.807) is 6.92 Å². The average molecular weight is 596 g/mol. The van der Waals surface area contributed by atoms with E-state index in [-0.39, 0.29) is 12.8 Å². The second-order valence-electron chi connectivity index (χ2n) is 10.3. The molecule has 0 aliphatic carbocycles. The highest BCUT2D eigenvalue weighted by molar-refractivity contribution is 7.47. The summed E-state index contributed by atoms with van der Waals surface area (Å²) in [5.74, 6) is -2.46. The number of unbranched alkanes of at least 4 members (excludes halogenated alkanes) is 15. The van der Waals surface area contributed by atoms with E-state index < -0.39 is 57.6 Å². The number of carboxylic acids is 1. The number of aliphatic hydroxyl groups excluding tert-OH is 1. The molecule has 11 nitrogen and oxygen atoms in total. The van der Waals surface area contributed by atoms with Gasteiger partial charge >= 0.3 is 19.8 Å². The Morgan fingerprint density at radius 2 is 1.18 bits per heavy atom. The Balaban J connectivity index is 3.88. The minimum atomic E-state index is -4.71. The Morgan fingerprint density at radius 1 is 0.725 bits per heavy atom. The predicted octanol–water partition coefficient (Wildman–Crippen LogP) is 5.66. The summed E-state index contributed by atoms with van der Waals surface area (Å²) in [6.07, 6.45) is 18.3. The fraction of sp³-hybridized carbons (Fsp3) is 0.893. The number of rotatable bonds is 28. The number of aliphatic carboxylic acids is 1. The summed E-state index contributed by atoms with van der Waals surface area (Å²) in [6.45, 7) is 1.91. The zero-order valence-corrected chi connectivity index (χ0v) is 25.5. The summed E-state index contributed by atoms with van der Waals surface area (Å²) in [7, 11) is -4.71.